The van der Waals surface area contributed by atoms with Crippen molar-refractivity contribution in [1.82, 2.24) is 15.1 Å². The standard InChI is InChI=1S/C19H20N6O2/c1-13-12-17(25-10-2-3-11-25)24-19(21-13)23-15-6-4-14(5-7-15)22-18(26)16-8-9-20-27-16/h4-9,12H,2-3,10-11H2,1H3,(H,22,26)(H,21,23,24). The highest BCUT2D eigenvalue weighted by molar-refractivity contribution is 6.02. The van der Waals surface area contributed by atoms with E-state index in [9.17, 15) is 4.79 Å². The lowest BCUT2D eigenvalue weighted by Gasteiger charge is -2.17. The van der Waals surface area contributed by atoms with Gasteiger partial charge in [0.25, 0.3) is 5.91 Å². The lowest BCUT2D eigenvalue weighted by Crippen LogP contribution is -2.19. The highest BCUT2D eigenvalue weighted by Gasteiger charge is 2.15. The molecular formula is C19H20N6O2. The summed E-state index contributed by atoms with van der Waals surface area (Å²) in [5, 5.41) is 9.50. The number of benzene rings is 1. The van der Waals surface area contributed by atoms with Crippen molar-refractivity contribution in [2.45, 2.75) is 19.8 Å². The van der Waals surface area contributed by atoms with Crippen LogP contribution in [0.1, 0.15) is 29.1 Å². The van der Waals surface area contributed by atoms with E-state index in [1.165, 1.54) is 25.1 Å². The molecule has 2 aromatic heterocycles. The molecule has 0 atom stereocenters. The quantitative estimate of drug-likeness (QED) is 0.716. The molecule has 3 heterocycles. The molecule has 8 nitrogen and oxygen atoms in total. The predicted octanol–water partition coefficient (Wildman–Crippen LogP) is 3.37. The van der Waals surface area contributed by atoms with E-state index in [0.29, 0.717) is 11.6 Å². The van der Waals surface area contributed by atoms with Crippen LogP contribution in [0.4, 0.5) is 23.1 Å². The first-order chi connectivity index (χ1) is 13.2. The average molecular weight is 364 g/mol. The molecule has 0 radical (unpaired) electrons. The highest BCUT2D eigenvalue weighted by Crippen LogP contribution is 2.22. The van der Waals surface area contributed by atoms with Crippen molar-refractivity contribution < 1.29 is 9.32 Å². The van der Waals surface area contributed by atoms with Gasteiger partial charge in [0, 0.05) is 42.3 Å². The van der Waals surface area contributed by atoms with Crippen LogP contribution >= 0.6 is 0 Å². The molecule has 0 bridgehead atoms. The summed E-state index contributed by atoms with van der Waals surface area (Å²) in [5.41, 5.74) is 2.42. The summed E-state index contributed by atoms with van der Waals surface area (Å²) in [5.74, 6) is 1.35. The first-order valence-electron chi connectivity index (χ1n) is 8.87. The molecule has 0 spiro atoms. The van der Waals surface area contributed by atoms with Gasteiger partial charge in [0.15, 0.2) is 0 Å². The van der Waals surface area contributed by atoms with Crippen LogP contribution in [0.3, 0.4) is 0 Å². The Labute approximate surface area is 156 Å². The zero-order valence-electron chi connectivity index (χ0n) is 15.0. The van der Waals surface area contributed by atoms with Crippen LogP contribution in [-0.2, 0) is 0 Å². The number of carbonyl (C=O) groups excluding carboxylic acids is 1. The van der Waals surface area contributed by atoms with Crippen LogP contribution < -0.4 is 15.5 Å². The van der Waals surface area contributed by atoms with Crippen molar-refractivity contribution in [3.05, 3.63) is 54.0 Å². The fraction of sp³-hybridized carbons (Fsp3) is 0.263. The molecule has 4 rings (SSSR count). The minimum atomic E-state index is -0.342. The summed E-state index contributed by atoms with van der Waals surface area (Å²) >= 11 is 0. The van der Waals surface area contributed by atoms with Crippen LogP contribution in [0.15, 0.2) is 47.1 Å². The van der Waals surface area contributed by atoms with Crippen LogP contribution in [0, 0.1) is 6.92 Å². The number of carbonyl (C=O) groups is 1. The molecule has 2 N–H and O–H groups in total. The van der Waals surface area contributed by atoms with Gasteiger partial charge >= 0.3 is 0 Å². The van der Waals surface area contributed by atoms with Crippen LogP contribution in [0.5, 0.6) is 0 Å². The van der Waals surface area contributed by atoms with Crippen molar-refractivity contribution >= 4 is 29.0 Å². The lowest BCUT2D eigenvalue weighted by molar-refractivity contribution is 0.0988. The molecule has 8 heteroatoms. The monoisotopic (exact) mass is 364 g/mol. The van der Waals surface area contributed by atoms with E-state index >= 15 is 0 Å². The smallest absolute Gasteiger partial charge is 0.294 e. The molecule has 0 saturated carbocycles. The maximum absolute atomic E-state index is 12.0. The first-order valence-corrected chi connectivity index (χ1v) is 8.87. The van der Waals surface area contributed by atoms with Gasteiger partial charge in [0.1, 0.15) is 5.82 Å². The van der Waals surface area contributed by atoms with Gasteiger partial charge < -0.3 is 20.1 Å². The fourth-order valence-corrected chi connectivity index (χ4v) is 3.01. The number of amides is 1. The number of hydrogen-bond acceptors (Lipinski definition) is 7. The Hall–Kier alpha value is -3.42. The molecule has 1 aromatic carbocycles. The second-order valence-corrected chi connectivity index (χ2v) is 6.42. The van der Waals surface area contributed by atoms with Crippen LogP contribution in [0.25, 0.3) is 0 Å². The van der Waals surface area contributed by atoms with Gasteiger partial charge in [-0.05, 0) is 44.0 Å². The zero-order valence-corrected chi connectivity index (χ0v) is 15.0. The topological polar surface area (TPSA) is 96.2 Å². The summed E-state index contributed by atoms with van der Waals surface area (Å²) < 4.78 is 4.84. The number of anilines is 4. The maximum atomic E-state index is 12.0. The third kappa shape index (κ3) is 4.05. The van der Waals surface area contributed by atoms with Crippen LogP contribution in [-0.4, -0.2) is 34.1 Å². The highest BCUT2D eigenvalue weighted by atomic mass is 16.5. The number of rotatable bonds is 5. The van der Waals surface area contributed by atoms with Gasteiger partial charge in [-0.15, -0.1) is 0 Å². The first kappa shape index (κ1) is 17.0. The van der Waals surface area contributed by atoms with Crippen molar-refractivity contribution in [2.75, 3.05) is 28.6 Å². The molecular weight excluding hydrogens is 344 g/mol. The minimum absolute atomic E-state index is 0.166. The van der Waals surface area contributed by atoms with Gasteiger partial charge in [-0.3, -0.25) is 4.79 Å². The second-order valence-electron chi connectivity index (χ2n) is 6.42. The number of hydrogen-bond donors (Lipinski definition) is 2. The van der Waals surface area contributed by atoms with Gasteiger partial charge in [-0.1, -0.05) is 5.16 Å². The van der Waals surface area contributed by atoms with E-state index in [2.05, 4.69) is 30.7 Å². The largest absolute Gasteiger partial charge is 0.356 e. The molecule has 1 amide bonds. The normalized spacial score (nSPS) is 13.6. The summed E-state index contributed by atoms with van der Waals surface area (Å²) in [4.78, 5) is 23.3. The summed E-state index contributed by atoms with van der Waals surface area (Å²) in [7, 11) is 0. The SMILES string of the molecule is Cc1cc(N2CCCC2)nc(Nc2ccc(NC(=O)c3ccno3)cc2)n1. The molecule has 1 saturated heterocycles. The number of nitrogens with zero attached hydrogens (tertiary/aromatic N) is 4. The molecule has 1 aliphatic rings. The Balaban J connectivity index is 1.44. The van der Waals surface area contributed by atoms with Crippen molar-refractivity contribution in [3.8, 4) is 0 Å². The molecule has 0 aliphatic carbocycles. The summed E-state index contributed by atoms with van der Waals surface area (Å²) in [6, 6.07) is 10.8. The molecule has 0 unspecified atom stereocenters. The number of aromatic nitrogens is 3. The van der Waals surface area contributed by atoms with Crippen molar-refractivity contribution in [1.29, 1.82) is 0 Å². The number of aryl methyl sites for hydroxylation is 1. The summed E-state index contributed by atoms with van der Waals surface area (Å²) in [6.45, 7) is 4.04. The Morgan fingerprint density at radius 2 is 1.81 bits per heavy atom. The van der Waals surface area contributed by atoms with Gasteiger partial charge in [-0.2, -0.15) is 4.98 Å². The van der Waals surface area contributed by atoms with E-state index in [1.54, 1.807) is 12.1 Å². The number of nitrogens with one attached hydrogen (secondary N) is 2. The third-order valence-corrected chi connectivity index (χ3v) is 4.33. The lowest BCUT2D eigenvalue weighted by atomic mass is 10.2. The molecule has 3 aromatic rings. The minimum Gasteiger partial charge on any atom is -0.356 e. The zero-order chi connectivity index (χ0) is 18.6. The molecule has 138 valence electrons. The van der Waals surface area contributed by atoms with Crippen LogP contribution in [0.2, 0.25) is 0 Å². The molecule has 1 fully saturated rings. The van der Waals surface area contributed by atoms with E-state index < -0.39 is 0 Å². The van der Waals surface area contributed by atoms with Crippen molar-refractivity contribution in [2.24, 2.45) is 0 Å². The molecule has 27 heavy (non-hydrogen) atoms. The Kier molecular flexibility index (Phi) is 4.69. The van der Waals surface area contributed by atoms with Gasteiger partial charge in [0.2, 0.25) is 11.7 Å². The van der Waals surface area contributed by atoms with Gasteiger partial charge in [-0.25, -0.2) is 4.98 Å². The summed E-state index contributed by atoms with van der Waals surface area (Å²) in [6.07, 6.45) is 3.83. The van der Waals surface area contributed by atoms with E-state index in [1.807, 2.05) is 25.1 Å². The third-order valence-electron chi connectivity index (χ3n) is 4.33. The maximum Gasteiger partial charge on any atom is 0.294 e. The van der Waals surface area contributed by atoms with Crippen molar-refractivity contribution in [3.63, 3.8) is 0 Å². The van der Waals surface area contributed by atoms with Gasteiger partial charge in [0.05, 0.1) is 6.20 Å². The average Bonchev–Trinajstić information content (AvgIpc) is 3.37. The predicted molar refractivity (Wildman–Crippen MR) is 102 cm³/mol. The molecule has 1 aliphatic heterocycles. The Morgan fingerprint density at radius 3 is 2.52 bits per heavy atom. The second kappa shape index (κ2) is 7.45. The fourth-order valence-electron chi connectivity index (χ4n) is 3.01. The Morgan fingerprint density at radius 1 is 1.07 bits per heavy atom. The van der Waals surface area contributed by atoms with E-state index in [-0.39, 0.29) is 11.7 Å². The Bertz CT molecular complexity index is 918. The van der Waals surface area contributed by atoms with E-state index in [4.69, 9.17) is 4.52 Å². The van der Waals surface area contributed by atoms with E-state index in [0.717, 1.165) is 30.3 Å².